The highest BCUT2D eigenvalue weighted by Gasteiger charge is 2.19. The van der Waals surface area contributed by atoms with Gasteiger partial charge in [0.25, 0.3) is 0 Å². The minimum absolute atomic E-state index is 0.00804. The molecule has 0 spiro atoms. The van der Waals surface area contributed by atoms with Gasteiger partial charge in [-0.15, -0.1) is 0 Å². The van der Waals surface area contributed by atoms with Crippen LogP contribution in [0.1, 0.15) is 41.0 Å². The number of nitrogens with one attached hydrogen (secondary N) is 1. The number of hydrogen-bond acceptors (Lipinski definition) is 3. The highest BCUT2D eigenvalue weighted by atomic mass is 16.5. The van der Waals surface area contributed by atoms with Crippen molar-refractivity contribution in [2.75, 3.05) is 18.0 Å². The molecule has 128 valence electrons. The van der Waals surface area contributed by atoms with E-state index < -0.39 is 0 Å². The van der Waals surface area contributed by atoms with Crippen molar-refractivity contribution < 1.29 is 14.3 Å². The molecule has 0 aliphatic rings. The van der Waals surface area contributed by atoms with E-state index in [1.807, 2.05) is 32.0 Å². The molecule has 1 rings (SSSR count). The van der Waals surface area contributed by atoms with Crippen LogP contribution in [-0.2, 0) is 9.59 Å². The van der Waals surface area contributed by atoms with Crippen LogP contribution in [0.3, 0.4) is 0 Å². The summed E-state index contributed by atoms with van der Waals surface area (Å²) in [7, 11) is 0. The zero-order valence-corrected chi connectivity index (χ0v) is 14.8. The second kappa shape index (κ2) is 9.18. The molecule has 0 saturated heterocycles. The molecule has 1 aromatic rings. The number of nitrogens with zero attached hydrogens (tertiary/aromatic N) is 1. The Bertz CT molecular complexity index is 527. The van der Waals surface area contributed by atoms with Gasteiger partial charge in [-0.2, -0.15) is 0 Å². The zero-order chi connectivity index (χ0) is 17.4. The number of ether oxygens (including phenoxy) is 1. The quantitative estimate of drug-likeness (QED) is 0.801. The number of rotatable bonds is 8. The summed E-state index contributed by atoms with van der Waals surface area (Å²) in [6.07, 6.45) is 0.906. The topological polar surface area (TPSA) is 58.6 Å². The predicted molar refractivity (Wildman–Crippen MR) is 92.7 cm³/mol. The maximum absolute atomic E-state index is 12.1. The van der Waals surface area contributed by atoms with Gasteiger partial charge in [-0.25, -0.2) is 0 Å². The molecule has 0 aliphatic heterocycles. The monoisotopic (exact) mass is 320 g/mol. The molecule has 0 aromatic heterocycles. The molecular formula is C18H28N2O3. The summed E-state index contributed by atoms with van der Waals surface area (Å²) in [5.41, 5.74) is 0.618. The molecule has 5 nitrogen and oxygen atoms in total. The van der Waals surface area contributed by atoms with E-state index in [4.69, 9.17) is 4.74 Å². The summed E-state index contributed by atoms with van der Waals surface area (Å²) >= 11 is 0. The van der Waals surface area contributed by atoms with E-state index in [2.05, 4.69) is 19.2 Å². The Kier molecular flexibility index (Phi) is 7.59. The summed E-state index contributed by atoms with van der Waals surface area (Å²) in [6, 6.07) is 7.28. The Morgan fingerprint density at radius 3 is 2.39 bits per heavy atom. The Balaban J connectivity index is 2.83. The molecule has 0 radical (unpaired) electrons. The second-order valence-corrected chi connectivity index (χ2v) is 6.27. The van der Waals surface area contributed by atoms with Gasteiger partial charge in [-0.05, 0) is 38.3 Å². The lowest BCUT2D eigenvalue weighted by Gasteiger charge is -2.24. The lowest BCUT2D eigenvalue weighted by Crippen LogP contribution is -2.40. The fraction of sp³-hybridized carbons (Fsp3) is 0.556. The molecular weight excluding hydrogens is 292 g/mol. The standard InChI is InChI=1S/C18H28N2O3/c1-13(2)10-11-19-18(22)12-20(15(5)21)16-8-6-7-9-17(16)23-14(3)4/h6-9,13-14H,10-12H2,1-5H3,(H,19,22). The van der Waals surface area contributed by atoms with Crippen LogP contribution >= 0.6 is 0 Å². The third-order valence-corrected chi connectivity index (χ3v) is 3.24. The first-order chi connectivity index (χ1) is 10.8. The van der Waals surface area contributed by atoms with E-state index >= 15 is 0 Å². The van der Waals surface area contributed by atoms with Gasteiger partial charge in [0.1, 0.15) is 12.3 Å². The molecule has 1 aromatic carbocycles. The number of hydrogen-bond donors (Lipinski definition) is 1. The van der Waals surface area contributed by atoms with Gasteiger partial charge < -0.3 is 10.1 Å². The van der Waals surface area contributed by atoms with Crippen LogP contribution in [0, 0.1) is 5.92 Å². The predicted octanol–water partition coefficient (Wildman–Crippen LogP) is 2.99. The van der Waals surface area contributed by atoms with Crippen LogP contribution in [0.4, 0.5) is 5.69 Å². The average molecular weight is 320 g/mol. The average Bonchev–Trinajstić information content (AvgIpc) is 2.44. The van der Waals surface area contributed by atoms with Crippen molar-refractivity contribution in [3.63, 3.8) is 0 Å². The minimum atomic E-state index is -0.191. The Morgan fingerprint density at radius 2 is 1.83 bits per heavy atom. The van der Waals surface area contributed by atoms with Crippen LogP contribution in [0.15, 0.2) is 24.3 Å². The molecule has 2 amide bonds. The van der Waals surface area contributed by atoms with Crippen molar-refractivity contribution in [1.29, 1.82) is 0 Å². The SMILES string of the molecule is CC(=O)N(CC(=O)NCCC(C)C)c1ccccc1OC(C)C. The molecule has 0 atom stereocenters. The summed E-state index contributed by atoms with van der Waals surface area (Å²) in [6.45, 7) is 10.1. The number of anilines is 1. The molecule has 0 saturated carbocycles. The smallest absolute Gasteiger partial charge is 0.240 e. The molecule has 0 aliphatic carbocycles. The first-order valence-electron chi connectivity index (χ1n) is 8.11. The fourth-order valence-electron chi connectivity index (χ4n) is 2.10. The summed E-state index contributed by atoms with van der Waals surface area (Å²) in [5.74, 6) is 0.774. The highest BCUT2D eigenvalue weighted by molar-refractivity contribution is 5.98. The fourth-order valence-corrected chi connectivity index (χ4v) is 2.10. The molecule has 1 N–H and O–H groups in total. The van der Waals surface area contributed by atoms with Crippen molar-refractivity contribution in [3.05, 3.63) is 24.3 Å². The van der Waals surface area contributed by atoms with Gasteiger partial charge in [0.2, 0.25) is 11.8 Å². The third kappa shape index (κ3) is 6.72. The number of benzene rings is 1. The molecule has 0 fully saturated rings. The van der Waals surface area contributed by atoms with E-state index in [-0.39, 0.29) is 24.5 Å². The maximum atomic E-state index is 12.1. The van der Waals surface area contributed by atoms with Crippen molar-refractivity contribution in [2.45, 2.75) is 47.1 Å². The summed E-state index contributed by atoms with van der Waals surface area (Å²) in [5, 5.41) is 2.86. The van der Waals surface area contributed by atoms with E-state index in [9.17, 15) is 9.59 Å². The molecule has 5 heteroatoms. The molecule has 23 heavy (non-hydrogen) atoms. The van der Waals surface area contributed by atoms with Gasteiger partial charge >= 0.3 is 0 Å². The summed E-state index contributed by atoms with van der Waals surface area (Å²) in [4.78, 5) is 25.5. The van der Waals surface area contributed by atoms with Crippen LogP contribution < -0.4 is 15.0 Å². The van der Waals surface area contributed by atoms with Crippen LogP contribution in [-0.4, -0.2) is 31.0 Å². The first kappa shape index (κ1) is 19.0. The van der Waals surface area contributed by atoms with Gasteiger partial charge in [-0.3, -0.25) is 14.5 Å². The Morgan fingerprint density at radius 1 is 1.17 bits per heavy atom. The van der Waals surface area contributed by atoms with Gasteiger partial charge in [-0.1, -0.05) is 26.0 Å². The van der Waals surface area contributed by atoms with E-state index in [1.165, 1.54) is 11.8 Å². The molecule has 0 heterocycles. The molecule has 0 unspecified atom stereocenters. The van der Waals surface area contributed by atoms with Crippen LogP contribution in [0.25, 0.3) is 0 Å². The van der Waals surface area contributed by atoms with Crippen molar-refractivity contribution >= 4 is 17.5 Å². The van der Waals surface area contributed by atoms with Crippen LogP contribution in [0.2, 0.25) is 0 Å². The lowest BCUT2D eigenvalue weighted by molar-refractivity contribution is -0.123. The zero-order valence-electron chi connectivity index (χ0n) is 14.8. The maximum Gasteiger partial charge on any atom is 0.240 e. The molecule has 0 bridgehead atoms. The number of amides is 2. The van der Waals surface area contributed by atoms with E-state index in [0.717, 1.165) is 6.42 Å². The third-order valence-electron chi connectivity index (χ3n) is 3.24. The largest absolute Gasteiger partial charge is 0.489 e. The van der Waals surface area contributed by atoms with Crippen molar-refractivity contribution in [2.24, 2.45) is 5.92 Å². The minimum Gasteiger partial charge on any atom is -0.489 e. The van der Waals surface area contributed by atoms with Crippen molar-refractivity contribution in [3.8, 4) is 5.75 Å². The van der Waals surface area contributed by atoms with Gasteiger partial charge in [0, 0.05) is 13.5 Å². The van der Waals surface area contributed by atoms with E-state index in [1.54, 1.807) is 6.07 Å². The normalized spacial score (nSPS) is 10.7. The summed E-state index contributed by atoms with van der Waals surface area (Å²) < 4.78 is 5.75. The second-order valence-electron chi connectivity index (χ2n) is 6.27. The van der Waals surface area contributed by atoms with Crippen LogP contribution in [0.5, 0.6) is 5.75 Å². The van der Waals surface area contributed by atoms with Gasteiger partial charge in [0.15, 0.2) is 0 Å². The number of para-hydroxylation sites is 2. The Labute approximate surface area is 139 Å². The lowest BCUT2D eigenvalue weighted by atomic mass is 10.1. The van der Waals surface area contributed by atoms with Crippen molar-refractivity contribution in [1.82, 2.24) is 5.32 Å². The number of carbonyl (C=O) groups excluding carboxylic acids is 2. The van der Waals surface area contributed by atoms with Gasteiger partial charge in [0.05, 0.1) is 11.8 Å². The first-order valence-corrected chi connectivity index (χ1v) is 8.11. The highest BCUT2D eigenvalue weighted by Crippen LogP contribution is 2.28. The Hall–Kier alpha value is -2.04. The van der Waals surface area contributed by atoms with E-state index in [0.29, 0.717) is 23.9 Å². The number of carbonyl (C=O) groups is 2.